The molecule has 2 atom stereocenters. The normalized spacial score (nSPS) is 15.4. The predicted molar refractivity (Wildman–Crippen MR) is 49.0 cm³/mol. The van der Waals surface area contributed by atoms with Crippen molar-refractivity contribution in [3.8, 4) is 0 Å². The molecule has 1 aromatic rings. The van der Waals surface area contributed by atoms with Gasteiger partial charge in [-0.25, -0.2) is 4.39 Å². The van der Waals surface area contributed by atoms with Gasteiger partial charge >= 0.3 is 0 Å². The van der Waals surface area contributed by atoms with Crippen molar-refractivity contribution in [2.75, 3.05) is 5.75 Å². The molecule has 0 aliphatic rings. The molecule has 72 valence electrons. The van der Waals surface area contributed by atoms with Crippen LogP contribution in [-0.2, 0) is 0 Å². The molecule has 0 aliphatic carbocycles. The molecule has 1 rings (SSSR count). The molecule has 1 heterocycles. The minimum absolute atomic E-state index is 0.125. The number of aromatic nitrogens is 1. The Bertz CT molecular complexity index is 267. The van der Waals surface area contributed by atoms with Crippen molar-refractivity contribution in [1.82, 2.24) is 4.98 Å². The van der Waals surface area contributed by atoms with E-state index in [2.05, 4.69) is 17.6 Å². The van der Waals surface area contributed by atoms with Crippen molar-refractivity contribution in [2.45, 2.75) is 12.2 Å². The van der Waals surface area contributed by atoms with Gasteiger partial charge in [-0.05, 0) is 12.1 Å². The number of aliphatic hydroxyl groups excluding tert-OH is 2. The summed E-state index contributed by atoms with van der Waals surface area (Å²) in [5, 5.41) is 18.6. The molecular weight excluding hydrogens is 193 g/mol. The van der Waals surface area contributed by atoms with Crippen molar-refractivity contribution >= 4 is 12.6 Å². The lowest BCUT2D eigenvalue weighted by molar-refractivity contribution is 0.0309. The summed E-state index contributed by atoms with van der Waals surface area (Å²) in [4.78, 5) is 3.63. The van der Waals surface area contributed by atoms with Gasteiger partial charge < -0.3 is 10.2 Å². The highest BCUT2D eigenvalue weighted by atomic mass is 32.1. The van der Waals surface area contributed by atoms with Gasteiger partial charge in [-0.3, -0.25) is 4.98 Å². The summed E-state index contributed by atoms with van der Waals surface area (Å²) >= 11 is 3.81. The Hall–Kier alpha value is -0.650. The monoisotopic (exact) mass is 203 g/mol. The Labute approximate surface area is 80.7 Å². The number of hydrogen-bond donors (Lipinski definition) is 3. The molecule has 0 bridgehead atoms. The molecule has 2 unspecified atom stereocenters. The van der Waals surface area contributed by atoms with E-state index in [0.717, 1.165) is 6.20 Å². The lowest BCUT2D eigenvalue weighted by Gasteiger charge is -2.14. The lowest BCUT2D eigenvalue weighted by Crippen LogP contribution is -2.20. The zero-order valence-corrected chi connectivity index (χ0v) is 7.66. The van der Waals surface area contributed by atoms with E-state index in [4.69, 9.17) is 0 Å². The topological polar surface area (TPSA) is 53.4 Å². The average molecular weight is 203 g/mol. The first-order valence-electron chi connectivity index (χ1n) is 3.73. The number of thiol groups is 1. The molecule has 0 radical (unpaired) electrons. The van der Waals surface area contributed by atoms with Gasteiger partial charge in [0.1, 0.15) is 11.9 Å². The molecule has 0 aromatic carbocycles. The fourth-order valence-corrected chi connectivity index (χ4v) is 1.06. The Morgan fingerprint density at radius 2 is 2.15 bits per heavy atom. The van der Waals surface area contributed by atoms with E-state index >= 15 is 0 Å². The second-order valence-corrected chi connectivity index (χ2v) is 2.96. The molecule has 5 heteroatoms. The van der Waals surface area contributed by atoms with Gasteiger partial charge in [0.25, 0.3) is 0 Å². The zero-order valence-electron chi connectivity index (χ0n) is 6.76. The highest BCUT2D eigenvalue weighted by Gasteiger charge is 2.17. The minimum atomic E-state index is -1.11. The van der Waals surface area contributed by atoms with Crippen molar-refractivity contribution in [3.05, 3.63) is 29.8 Å². The second kappa shape index (κ2) is 4.55. The summed E-state index contributed by atoms with van der Waals surface area (Å²) in [6.07, 6.45) is -1.11. The molecule has 3 nitrogen and oxygen atoms in total. The highest BCUT2D eigenvalue weighted by Crippen LogP contribution is 2.15. The van der Waals surface area contributed by atoms with Gasteiger partial charge in [-0.2, -0.15) is 12.6 Å². The number of pyridine rings is 1. The van der Waals surface area contributed by atoms with Crippen molar-refractivity contribution in [1.29, 1.82) is 0 Å². The van der Waals surface area contributed by atoms with Crippen LogP contribution in [-0.4, -0.2) is 27.1 Å². The van der Waals surface area contributed by atoms with E-state index in [1.165, 1.54) is 12.1 Å². The van der Waals surface area contributed by atoms with E-state index in [1.807, 2.05) is 0 Å². The third-order valence-electron chi connectivity index (χ3n) is 1.60. The van der Waals surface area contributed by atoms with Crippen molar-refractivity contribution in [3.63, 3.8) is 0 Å². The van der Waals surface area contributed by atoms with Gasteiger partial charge in [0.2, 0.25) is 0 Å². The van der Waals surface area contributed by atoms with Gasteiger partial charge in [0.05, 0.1) is 18.0 Å². The number of rotatable bonds is 3. The number of hydrogen-bond acceptors (Lipinski definition) is 4. The van der Waals surface area contributed by atoms with Gasteiger partial charge in [0.15, 0.2) is 0 Å². The largest absolute Gasteiger partial charge is 0.389 e. The smallest absolute Gasteiger partial charge is 0.141 e. The third kappa shape index (κ3) is 2.65. The van der Waals surface area contributed by atoms with Crippen LogP contribution < -0.4 is 0 Å². The standard InChI is InChI=1S/C8H10FNO2S/c9-5-1-2-6(10-3-5)8(12)7(11)4-13/h1-3,7-8,11-13H,4H2. The fraction of sp³-hybridized carbons (Fsp3) is 0.375. The predicted octanol–water partition coefficient (Wildman–Crippen LogP) is 0.545. The van der Waals surface area contributed by atoms with E-state index in [9.17, 15) is 14.6 Å². The summed E-state index contributed by atoms with van der Waals surface area (Å²) < 4.78 is 12.4. The molecule has 13 heavy (non-hydrogen) atoms. The first kappa shape index (κ1) is 10.4. The van der Waals surface area contributed by atoms with E-state index in [0.29, 0.717) is 0 Å². The third-order valence-corrected chi connectivity index (χ3v) is 1.98. The Kier molecular flexibility index (Phi) is 3.65. The van der Waals surface area contributed by atoms with Crippen LogP contribution in [0.3, 0.4) is 0 Å². The van der Waals surface area contributed by atoms with Crippen LogP contribution >= 0.6 is 12.6 Å². The first-order valence-corrected chi connectivity index (χ1v) is 4.37. The molecule has 0 saturated heterocycles. The van der Waals surface area contributed by atoms with Crippen LogP contribution in [0.4, 0.5) is 4.39 Å². The average Bonchev–Trinajstić information content (AvgIpc) is 2.17. The lowest BCUT2D eigenvalue weighted by atomic mass is 10.1. The van der Waals surface area contributed by atoms with Gasteiger partial charge in [-0.1, -0.05) is 0 Å². The molecule has 0 amide bonds. The van der Waals surface area contributed by atoms with Crippen LogP contribution in [0.2, 0.25) is 0 Å². The summed E-state index contributed by atoms with van der Waals surface area (Å²) in [6, 6.07) is 2.50. The van der Waals surface area contributed by atoms with E-state index in [-0.39, 0.29) is 11.4 Å². The molecule has 2 N–H and O–H groups in total. The molecule has 0 spiro atoms. The van der Waals surface area contributed by atoms with E-state index < -0.39 is 18.0 Å². The minimum Gasteiger partial charge on any atom is -0.389 e. The molecule has 0 saturated carbocycles. The maximum Gasteiger partial charge on any atom is 0.141 e. The van der Waals surface area contributed by atoms with Crippen molar-refractivity contribution < 1.29 is 14.6 Å². The first-order chi connectivity index (χ1) is 6.15. The number of halogens is 1. The van der Waals surface area contributed by atoms with Gasteiger partial charge in [-0.15, -0.1) is 0 Å². The van der Waals surface area contributed by atoms with Gasteiger partial charge in [0, 0.05) is 5.75 Å². The molecule has 1 aromatic heterocycles. The summed E-state index contributed by atoms with van der Waals surface area (Å²) in [5.74, 6) is -0.350. The number of nitrogens with zero attached hydrogens (tertiary/aromatic N) is 1. The molecular formula is C8H10FNO2S. The van der Waals surface area contributed by atoms with E-state index in [1.54, 1.807) is 0 Å². The SMILES string of the molecule is OC(CS)C(O)c1ccc(F)cn1. The van der Waals surface area contributed by atoms with Crippen LogP contribution in [0, 0.1) is 5.82 Å². The van der Waals surface area contributed by atoms with Crippen LogP contribution in [0.5, 0.6) is 0 Å². The Morgan fingerprint density at radius 3 is 2.62 bits per heavy atom. The maximum atomic E-state index is 12.4. The Balaban J connectivity index is 2.77. The van der Waals surface area contributed by atoms with Crippen LogP contribution in [0.15, 0.2) is 18.3 Å². The highest BCUT2D eigenvalue weighted by molar-refractivity contribution is 7.80. The zero-order chi connectivity index (χ0) is 9.84. The fourth-order valence-electron chi connectivity index (χ4n) is 0.859. The van der Waals surface area contributed by atoms with Crippen molar-refractivity contribution in [2.24, 2.45) is 0 Å². The maximum absolute atomic E-state index is 12.4. The Morgan fingerprint density at radius 1 is 1.46 bits per heavy atom. The molecule has 0 fully saturated rings. The quantitative estimate of drug-likeness (QED) is 0.629. The summed E-state index contributed by atoms with van der Waals surface area (Å²) in [5.41, 5.74) is 0.239. The second-order valence-electron chi connectivity index (χ2n) is 2.60. The summed E-state index contributed by atoms with van der Waals surface area (Å²) in [7, 11) is 0. The number of aliphatic hydroxyl groups is 2. The molecule has 0 aliphatic heterocycles. The van der Waals surface area contributed by atoms with Crippen LogP contribution in [0.1, 0.15) is 11.8 Å². The summed E-state index contributed by atoms with van der Waals surface area (Å²) in [6.45, 7) is 0. The van der Waals surface area contributed by atoms with Crippen LogP contribution in [0.25, 0.3) is 0 Å².